The summed E-state index contributed by atoms with van der Waals surface area (Å²) in [5, 5.41) is 20.3. The fourth-order valence-electron chi connectivity index (χ4n) is 2.90. The fraction of sp³-hybridized carbons (Fsp3) is 0.316. The number of phenols is 1. The molecule has 1 atom stereocenters. The van der Waals surface area contributed by atoms with Gasteiger partial charge in [0.25, 0.3) is 0 Å². The lowest BCUT2D eigenvalue weighted by Gasteiger charge is -2.18. The average molecular weight is 357 g/mol. The van der Waals surface area contributed by atoms with Crippen LogP contribution in [0.15, 0.2) is 42.7 Å². The maximum absolute atomic E-state index is 10.6. The lowest BCUT2D eigenvalue weighted by molar-refractivity contribution is -0.114. The Morgan fingerprint density at radius 3 is 2.58 bits per heavy atom. The van der Waals surface area contributed by atoms with E-state index in [0.29, 0.717) is 11.7 Å². The van der Waals surface area contributed by atoms with Gasteiger partial charge in [-0.2, -0.15) is 0 Å². The van der Waals surface area contributed by atoms with Gasteiger partial charge in [-0.15, -0.1) is 0 Å². The van der Waals surface area contributed by atoms with Crippen LogP contribution in [0, 0.1) is 0 Å². The molecule has 0 aliphatic carbocycles. The van der Waals surface area contributed by atoms with Crippen LogP contribution in [0.1, 0.15) is 41.7 Å². The highest BCUT2D eigenvalue weighted by Gasteiger charge is 2.21. The molecule has 1 saturated heterocycles. The third-order valence-electron chi connectivity index (χ3n) is 4.14. The topological polar surface area (TPSA) is 103 Å². The van der Waals surface area contributed by atoms with Crippen molar-refractivity contribution in [1.82, 2.24) is 9.88 Å². The number of carbonyl (C=O) groups excluding carboxylic acids is 1. The van der Waals surface area contributed by atoms with Gasteiger partial charge in [-0.25, -0.2) is 4.79 Å². The van der Waals surface area contributed by atoms with Gasteiger partial charge in [-0.05, 0) is 50.2 Å². The van der Waals surface area contributed by atoms with Crippen molar-refractivity contribution < 1.29 is 19.8 Å². The Bertz CT molecular complexity index is 765. The Morgan fingerprint density at radius 1 is 1.31 bits per heavy atom. The van der Waals surface area contributed by atoms with Gasteiger partial charge in [0.2, 0.25) is 5.91 Å². The third kappa shape index (κ3) is 5.29. The molecule has 0 saturated carbocycles. The van der Waals surface area contributed by atoms with Crippen molar-refractivity contribution in [3.05, 3.63) is 53.9 Å². The molecule has 26 heavy (non-hydrogen) atoms. The van der Waals surface area contributed by atoms with Crippen molar-refractivity contribution >= 4 is 17.6 Å². The first kappa shape index (κ1) is 19.4. The molecule has 7 nitrogen and oxygen atoms in total. The summed E-state index contributed by atoms with van der Waals surface area (Å²) in [6, 6.07) is 8.61. The molecule has 2 heterocycles. The number of pyridine rings is 1. The second kappa shape index (κ2) is 8.96. The van der Waals surface area contributed by atoms with Crippen LogP contribution in [-0.4, -0.2) is 45.6 Å². The van der Waals surface area contributed by atoms with E-state index in [2.05, 4.69) is 28.3 Å². The van der Waals surface area contributed by atoms with E-state index in [4.69, 9.17) is 5.11 Å². The number of carbonyl (C=O) groups is 2. The minimum absolute atomic E-state index is 0.195. The predicted molar refractivity (Wildman–Crippen MR) is 98.2 cm³/mol. The normalized spacial score (nSPS) is 16.5. The first-order valence-corrected chi connectivity index (χ1v) is 8.32. The van der Waals surface area contributed by atoms with Gasteiger partial charge in [0, 0.05) is 37.1 Å². The number of anilines is 1. The van der Waals surface area contributed by atoms with Crippen molar-refractivity contribution in [3.8, 4) is 5.75 Å². The second-order valence-electron chi connectivity index (χ2n) is 6.14. The smallest absolute Gasteiger partial charge is 0.339 e. The SMILES string of the molecule is CC(=O)Nc1ccc(C(=O)O)c(O)c1.CN1CCC[C@H]1c1cccnc1. The summed E-state index contributed by atoms with van der Waals surface area (Å²) in [6.07, 6.45) is 6.41. The Labute approximate surface area is 152 Å². The minimum atomic E-state index is -1.21. The summed E-state index contributed by atoms with van der Waals surface area (Å²) < 4.78 is 0. The molecule has 1 amide bonds. The van der Waals surface area contributed by atoms with Gasteiger partial charge in [0.05, 0.1) is 0 Å². The fourth-order valence-corrected chi connectivity index (χ4v) is 2.90. The van der Waals surface area contributed by atoms with Crippen LogP contribution >= 0.6 is 0 Å². The van der Waals surface area contributed by atoms with Gasteiger partial charge >= 0.3 is 5.97 Å². The van der Waals surface area contributed by atoms with Crippen molar-refractivity contribution in [2.75, 3.05) is 18.9 Å². The highest BCUT2D eigenvalue weighted by atomic mass is 16.4. The lowest BCUT2D eigenvalue weighted by Crippen LogP contribution is -2.17. The lowest BCUT2D eigenvalue weighted by atomic mass is 10.1. The molecule has 3 rings (SSSR count). The van der Waals surface area contributed by atoms with E-state index in [9.17, 15) is 14.7 Å². The standard InChI is InChI=1S/C10H14N2.C9H9NO4/c1-12-7-3-5-10(12)9-4-2-6-11-8-9;1-5(11)10-6-2-3-7(9(13)14)8(12)4-6/h2,4,6,8,10H,3,5,7H2,1H3;2-4,12H,1H3,(H,10,11)(H,13,14)/t10-;/m0./s1. The van der Waals surface area contributed by atoms with Crippen molar-refractivity contribution in [2.45, 2.75) is 25.8 Å². The quantitative estimate of drug-likeness (QED) is 0.780. The summed E-state index contributed by atoms with van der Waals surface area (Å²) >= 11 is 0. The van der Waals surface area contributed by atoms with Crippen molar-refractivity contribution in [3.63, 3.8) is 0 Å². The van der Waals surface area contributed by atoms with Crippen molar-refractivity contribution in [2.24, 2.45) is 0 Å². The number of hydrogen-bond donors (Lipinski definition) is 3. The van der Waals surface area contributed by atoms with E-state index in [1.165, 1.54) is 50.1 Å². The molecule has 3 N–H and O–H groups in total. The Kier molecular flexibility index (Phi) is 6.68. The molecule has 0 radical (unpaired) electrons. The number of aromatic carboxylic acids is 1. The van der Waals surface area contributed by atoms with Gasteiger partial charge in [-0.3, -0.25) is 14.7 Å². The molecule has 7 heteroatoms. The number of benzene rings is 1. The summed E-state index contributed by atoms with van der Waals surface area (Å²) in [5.41, 5.74) is 1.52. The van der Waals surface area contributed by atoms with Crippen LogP contribution in [0.3, 0.4) is 0 Å². The Morgan fingerprint density at radius 2 is 2.08 bits per heavy atom. The van der Waals surface area contributed by atoms with E-state index < -0.39 is 5.97 Å². The van der Waals surface area contributed by atoms with Crippen LogP contribution in [0.5, 0.6) is 5.75 Å². The van der Waals surface area contributed by atoms with Crippen LogP contribution in [0.4, 0.5) is 5.69 Å². The zero-order chi connectivity index (χ0) is 19.1. The number of nitrogens with one attached hydrogen (secondary N) is 1. The molecule has 0 bridgehead atoms. The number of nitrogens with zero attached hydrogens (tertiary/aromatic N) is 2. The maximum atomic E-state index is 10.6. The van der Waals surface area contributed by atoms with Crippen LogP contribution in [0.2, 0.25) is 0 Å². The highest BCUT2D eigenvalue weighted by Crippen LogP contribution is 2.29. The zero-order valence-electron chi connectivity index (χ0n) is 14.8. The van der Waals surface area contributed by atoms with Gasteiger partial charge in [0.1, 0.15) is 11.3 Å². The number of carboxylic acids is 1. The number of likely N-dealkylation sites (tertiary alicyclic amines) is 1. The molecule has 1 aromatic heterocycles. The van der Waals surface area contributed by atoms with E-state index in [1.54, 1.807) is 0 Å². The number of aromatic hydroxyl groups is 1. The average Bonchev–Trinajstić information content (AvgIpc) is 3.01. The number of hydrogen-bond acceptors (Lipinski definition) is 5. The van der Waals surface area contributed by atoms with Crippen molar-refractivity contribution in [1.29, 1.82) is 0 Å². The summed E-state index contributed by atoms with van der Waals surface area (Å²) in [7, 11) is 2.19. The number of amides is 1. The number of carboxylic acid groups (broad SMARTS) is 1. The molecule has 1 aromatic carbocycles. The van der Waals surface area contributed by atoms with Crippen LogP contribution in [0.25, 0.3) is 0 Å². The van der Waals surface area contributed by atoms with E-state index in [1.807, 2.05) is 18.5 Å². The maximum Gasteiger partial charge on any atom is 0.339 e. The third-order valence-corrected chi connectivity index (χ3v) is 4.14. The van der Waals surface area contributed by atoms with Crippen LogP contribution < -0.4 is 5.32 Å². The molecule has 2 aromatic rings. The highest BCUT2D eigenvalue weighted by molar-refractivity contribution is 5.93. The molecule has 1 fully saturated rings. The molecule has 0 unspecified atom stereocenters. The predicted octanol–water partition coefficient (Wildman–Crippen LogP) is 2.90. The first-order chi connectivity index (χ1) is 12.4. The molecule has 0 spiro atoms. The summed E-state index contributed by atoms with van der Waals surface area (Å²) in [6.45, 7) is 2.54. The molecule has 1 aliphatic rings. The molecule has 1 aliphatic heterocycles. The number of rotatable bonds is 3. The van der Waals surface area contributed by atoms with E-state index in [-0.39, 0.29) is 17.2 Å². The first-order valence-electron chi connectivity index (χ1n) is 8.32. The largest absolute Gasteiger partial charge is 0.507 e. The summed E-state index contributed by atoms with van der Waals surface area (Å²) in [4.78, 5) is 27.7. The molecular formula is C19H23N3O4. The van der Waals surface area contributed by atoms with Gasteiger partial charge in [0.15, 0.2) is 0 Å². The molecular weight excluding hydrogens is 334 g/mol. The summed E-state index contributed by atoms with van der Waals surface area (Å²) in [5.74, 6) is -1.87. The molecule has 138 valence electrons. The second-order valence-corrected chi connectivity index (χ2v) is 6.14. The van der Waals surface area contributed by atoms with E-state index in [0.717, 1.165) is 0 Å². The van der Waals surface area contributed by atoms with Crippen LogP contribution in [-0.2, 0) is 4.79 Å². The Hall–Kier alpha value is -2.93. The van der Waals surface area contributed by atoms with E-state index >= 15 is 0 Å². The monoisotopic (exact) mass is 357 g/mol. The number of aromatic nitrogens is 1. The zero-order valence-corrected chi connectivity index (χ0v) is 14.8. The van der Waals surface area contributed by atoms with Gasteiger partial charge < -0.3 is 15.5 Å². The Balaban J connectivity index is 0.000000189. The minimum Gasteiger partial charge on any atom is -0.507 e. The van der Waals surface area contributed by atoms with Gasteiger partial charge in [-0.1, -0.05) is 6.07 Å².